The number of thiophene rings is 1. The molecule has 4 rings (SSSR count). The van der Waals surface area contributed by atoms with Crippen LogP contribution in [0.15, 0.2) is 47.8 Å². The van der Waals surface area contributed by atoms with Crippen LogP contribution in [0.2, 0.25) is 0 Å². The number of para-hydroxylation sites is 1. The molecule has 2 fully saturated rings. The van der Waals surface area contributed by atoms with Gasteiger partial charge in [0.2, 0.25) is 5.91 Å². The molecule has 0 spiro atoms. The number of carbonyl (C=O) groups excluding carboxylic acids is 1. The molecular formula is C21H26N2O2S2. The minimum absolute atomic E-state index is 0.00735. The van der Waals surface area contributed by atoms with Crippen molar-refractivity contribution in [2.75, 3.05) is 36.0 Å². The Hall–Kier alpha value is -1.79. The summed E-state index contributed by atoms with van der Waals surface area (Å²) in [5.74, 6) is 5.22. The molecule has 0 bridgehead atoms. The number of benzene rings is 1. The van der Waals surface area contributed by atoms with Gasteiger partial charge in [-0.05, 0) is 51.8 Å². The summed E-state index contributed by atoms with van der Waals surface area (Å²) < 4.78 is 12.2. The van der Waals surface area contributed by atoms with Crippen molar-refractivity contribution in [3.63, 3.8) is 0 Å². The Bertz CT molecular complexity index is 864. The van der Waals surface area contributed by atoms with Crippen LogP contribution in [-0.2, 0) is 14.3 Å². The number of nitrogens with zero attached hydrogens (tertiary/aromatic N) is 2. The summed E-state index contributed by atoms with van der Waals surface area (Å²) in [6, 6.07) is 14.7. The molecule has 0 N–H and O–H groups in total. The van der Waals surface area contributed by atoms with E-state index in [9.17, 15) is 9.00 Å². The first-order chi connectivity index (χ1) is 13.0. The molecule has 6 heteroatoms. The topological polar surface area (TPSA) is 40.6 Å². The van der Waals surface area contributed by atoms with E-state index in [1.54, 1.807) is 11.3 Å². The Morgan fingerprint density at radius 2 is 1.81 bits per heavy atom. The third kappa shape index (κ3) is 4.06. The van der Waals surface area contributed by atoms with E-state index in [0.717, 1.165) is 19.6 Å². The summed E-state index contributed by atoms with van der Waals surface area (Å²) >= 11 is 1.72. The van der Waals surface area contributed by atoms with Gasteiger partial charge in [-0.2, -0.15) is 0 Å². The van der Waals surface area contributed by atoms with Crippen LogP contribution < -0.4 is 4.90 Å². The lowest BCUT2D eigenvalue weighted by Gasteiger charge is -2.43. The highest BCUT2D eigenvalue weighted by Crippen LogP contribution is 2.33. The molecule has 2 saturated heterocycles. The van der Waals surface area contributed by atoms with Crippen LogP contribution in [0.3, 0.4) is 0 Å². The first kappa shape index (κ1) is 18.6. The predicted molar refractivity (Wildman–Crippen MR) is 115 cm³/mol. The Morgan fingerprint density at radius 1 is 1.07 bits per heavy atom. The average Bonchev–Trinajstić information content (AvgIpc) is 3.22. The Labute approximate surface area is 165 Å². The largest absolute Gasteiger partial charge is 0.367 e. The van der Waals surface area contributed by atoms with Gasteiger partial charge in [0.05, 0.1) is 6.04 Å². The molecule has 144 valence electrons. The fourth-order valence-corrected chi connectivity index (χ4v) is 6.55. The minimum Gasteiger partial charge on any atom is -0.367 e. The molecule has 0 saturated carbocycles. The maximum absolute atomic E-state index is 13.3. The van der Waals surface area contributed by atoms with Crippen molar-refractivity contribution < 1.29 is 9.00 Å². The zero-order valence-corrected chi connectivity index (χ0v) is 17.1. The molecule has 4 nitrogen and oxygen atoms in total. The number of hydrogen-bond acceptors (Lipinski definition) is 4. The van der Waals surface area contributed by atoms with Gasteiger partial charge in [0.25, 0.3) is 0 Å². The first-order valence-corrected chi connectivity index (χ1v) is 12.4. The van der Waals surface area contributed by atoms with Crippen LogP contribution in [0.1, 0.15) is 23.8 Å². The lowest BCUT2D eigenvalue weighted by molar-refractivity contribution is -0.138. The van der Waals surface area contributed by atoms with E-state index >= 15 is 0 Å². The molecule has 27 heavy (non-hydrogen) atoms. The van der Waals surface area contributed by atoms with Crippen molar-refractivity contribution in [2.24, 2.45) is 5.92 Å². The zero-order chi connectivity index (χ0) is 18.9. The fourth-order valence-electron chi connectivity index (χ4n) is 4.09. The molecule has 1 atom stereocenters. The molecule has 2 aromatic rings. The summed E-state index contributed by atoms with van der Waals surface area (Å²) in [6.07, 6.45) is 1.41. The number of carbonyl (C=O) groups is 1. The number of hydrogen-bond donors (Lipinski definition) is 0. The van der Waals surface area contributed by atoms with E-state index in [1.807, 2.05) is 6.07 Å². The molecule has 1 aromatic carbocycles. The van der Waals surface area contributed by atoms with Gasteiger partial charge in [0.15, 0.2) is 0 Å². The van der Waals surface area contributed by atoms with Crippen molar-refractivity contribution >= 4 is 38.3 Å². The summed E-state index contributed by atoms with van der Waals surface area (Å²) in [4.78, 5) is 19.0. The summed E-state index contributed by atoms with van der Waals surface area (Å²) in [6.45, 7) is 2.39. The number of piperazine rings is 1. The fraction of sp³-hybridized carbons (Fsp3) is 0.429. The van der Waals surface area contributed by atoms with E-state index in [1.165, 1.54) is 10.6 Å². The molecule has 1 unspecified atom stereocenters. The van der Waals surface area contributed by atoms with Crippen LogP contribution in [-0.4, -0.2) is 52.0 Å². The molecule has 1 aromatic heterocycles. The highest BCUT2D eigenvalue weighted by atomic mass is 32.2. The normalized spacial score (nSPS) is 28.9. The van der Waals surface area contributed by atoms with Crippen LogP contribution in [0.4, 0.5) is 5.69 Å². The van der Waals surface area contributed by atoms with Crippen LogP contribution >= 0.6 is 11.3 Å². The first-order valence-electron chi connectivity index (χ1n) is 9.50. The predicted octanol–water partition coefficient (Wildman–Crippen LogP) is 3.26. The Balaban J connectivity index is 1.54. The second-order valence-electron chi connectivity index (χ2n) is 7.49. The van der Waals surface area contributed by atoms with E-state index < -0.39 is 9.52 Å². The lowest BCUT2D eigenvalue weighted by atomic mass is 9.98. The van der Waals surface area contributed by atoms with Gasteiger partial charge >= 0.3 is 0 Å². The van der Waals surface area contributed by atoms with Crippen molar-refractivity contribution in [2.45, 2.75) is 18.9 Å². The van der Waals surface area contributed by atoms with E-state index in [2.05, 4.69) is 57.4 Å². The molecule has 1 amide bonds. The van der Waals surface area contributed by atoms with Gasteiger partial charge in [-0.1, -0.05) is 24.3 Å². The summed E-state index contributed by atoms with van der Waals surface area (Å²) in [5, 5.41) is 2.08. The number of rotatable bonds is 3. The zero-order valence-electron chi connectivity index (χ0n) is 15.5. The van der Waals surface area contributed by atoms with Gasteiger partial charge in [-0.3, -0.25) is 9.00 Å². The summed E-state index contributed by atoms with van der Waals surface area (Å²) in [5.41, 5.74) is 1.21. The smallest absolute Gasteiger partial charge is 0.226 e. The Morgan fingerprint density at radius 3 is 2.48 bits per heavy atom. The van der Waals surface area contributed by atoms with Crippen molar-refractivity contribution in [1.29, 1.82) is 0 Å². The highest BCUT2D eigenvalue weighted by molar-refractivity contribution is 8.00. The van der Waals surface area contributed by atoms with Crippen LogP contribution in [0.5, 0.6) is 0 Å². The Kier molecular flexibility index (Phi) is 5.28. The summed E-state index contributed by atoms with van der Waals surface area (Å²) in [7, 11) is -1.96. The third-order valence-corrected chi connectivity index (χ3v) is 8.62. The van der Waals surface area contributed by atoms with Gasteiger partial charge in [-0.15, -0.1) is 11.3 Å². The lowest BCUT2D eigenvalue weighted by Crippen LogP contribution is -2.52. The third-order valence-electron chi connectivity index (χ3n) is 5.68. The molecule has 3 heterocycles. The second-order valence-corrected chi connectivity index (χ2v) is 11.2. The molecule has 0 radical (unpaired) electrons. The average molecular weight is 403 g/mol. The maximum Gasteiger partial charge on any atom is 0.226 e. The van der Waals surface area contributed by atoms with Crippen LogP contribution in [0, 0.1) is 5.92 Å². The standard InChI is InChI=1S/C21H26N2O2S2/c1-27(25)14-9-17(10-15-27)21(24)23-12-11-22(18-6-3-2-4-7-18)16-19(23)20-8-5-13-26-20/h2-8,13,17,19H,1,9-12,14-16H2. The molecule has 2 aliphatic rings. The van der Waals surface area contributed by atoms with E-state index in [-0.39, 0.29) is 17.9 Å². The molecular weight excluding hydrogens is 376 g/mol. The number of amides is 1. The minimum atomic E-state index is -1.96. The monoisotopic (exact) mass is 402 g/mol. The van der Waals surface area contributed by atoms with Crippen molar-refractivity contribution in [3.05, 3.63) is 52.7 Å². The van der Waals surface area contributed by atoms with Crippen molar-refractivity contribution in [1.82, 2.24) is 4.90 Å². The number of anilines is 1. The SMILES string of the molecule is C=S1(=O)CCC(C(=O)N2CCN(c3ccccc3)CC2c2cccs2)CC1. The van der Waals surface area contributed by atoms with Gasteiger partial charge in [0, 0.05) is 47.6 Å². The van der Waals surface area contributed by atoms with Gasteiger partial charge < -0.3 is 9.80 Å². The van der Waals surface area contributed by atoms with E-state index in [4.69, 9.17) is 0 Å². The van der Waals surface area contributed by atoms with Crippen LogP contribution in [0.25, 0.3) is 0 Å². The van der Waals surface area contributed by atoms with E-state index in [0.29, 0.717) is 24.3 Å². The quantitative estimate of drug-likeness (QED) is 0.740. The van der Waals surface area contributed by atoms with Crippen molar-refractivity contribution in [3.8, 4) is 0 Å². The highest BCUT2D eigenvalue weighted by Gasteiger charge is 2.36. The molecule has 0 aliphatic carbocycles. The second kappa shape index (κ2) is 7.68. The van der Waals surface area contributed by atoms with Gasteiger partial charge in [-0.25, -0.2) is 0 Å². The molecule has 2 aliphatic heterocycles. The van der Waals surface area contributed by atoms with Gasteiger partial charge in [0.1, 0.15) is 0 Å². The maximum atomic E-state index is 13.3.